The summed E-state index contributed by atoms with van der Waals surface area (Å²) in [5, 5.41) is 0. The van der Waals surface area contributed by atoms with Gasteiger partial charge in [0.1, 0.15) is 17.2 Å². The quantitative estimate of drug-likeness (QED) is 0.381. The highest BCUT2D eigenvalue weighted by Gasteiger charge is 2.18. The fourth-order valence-electron chi connectivity index (χ4n) is 3.46. The van der Waals surface area contributed by atoms with Gasteiger partial charge in [-0.05, 0) is 56.7 Å². The number of nitrogens with one attached hydrogen (secondary N) is 1. The van der Waals surface area contributed by atoms with E-state index in [0.717, 1.165) is 56.1 Å². The molecule has 2 aromatic carbocycles. The molecule has 0 spiro atoms. The molecule has 2 aromatic rings. The molecular weight excluding hydrogens is 440 g/mol. The topological polar surface area (TPSA) is 52.4 Å². The molecule has 7 heteroatoms. The van der Waals surface area contributed by atoms with Crippen molar-refractivity contribution >= 4 is 11.6 Å². The normalized spacial score (nSPS) is 10.5. The Balaban J connectivity index is 0.00000544. The number of quaternary nitrogens is 1. The highest BCUT2D eigenvalue weighted by atomic mass is 35.5. The number of anilines is 1. The van der Waals surface area contributed by atoms with E-state index in [4.69, 9.17) is 14.2 Å². The smallest absolute Gasteiger partial charge is 0.264 e. The van der Waals surface area contributed by atoms with Gasteiger partial charge >= 0.3 is 0 Å². The lowest BCUT2D eigenvalue weighted by atomic mass is 10.2. The van der Waals surface area contributed by atoms with Crippen molar-refractivity contribution in [1.29, 1.82) is 0 Å². The van der Waals surface area contributed by atoms with Gasteiger partial charge < -0.3 is 36.4 Å². The fraction of sp³-hybridized carbons (Fsp3) is 0.500. The highest BCUT2D eigenvalue weighted by molar-refractivity contribution is 5.94. The van der Waals surface area contributed by atoms with Crippen LogP contribution in [-0.4, -0.2) is 52.4 Å². The van der Waals surface area contributed by atoms with Crippen molar-refractivity contribution in [1.82, 2.24) is 0 Å². The van der Waals surface area contributed by atoms with Crippen LogP contribution in [-0.2, 0) is 4.79 Å². The SMILES string of the molecule is CCCCOc1ccc(OCC(=O)N(CCC[NH+](CC)CC)c2cccc(OC)c2)cc1.[Cl-]. The van der Waals surface area contributed by atoms with E-state index in [0.29, 0.717) is 18.9 Å². The van der Waals surface area contributed by atoms with Crippen LogP contribution < -0.4 is 36.4 Å². The molecule has 0 aromatic heterocycles. The zero-order chi connectivity index (χ0) is 23.2. The first-order valence-corrected chi connectivity index (χ1v) is 11.7. The van der Waals surface area contributed by atoms with Crippen LogP contribution >= 0.6 is 0 Å². The molecule has 33 heavy (non-hydrogen) atoms. The standard InChI is InChI=1S/C26H38N2O4.ClH/c1-5-8-19-31-23-13-15-24(16-14-23)32-21-26(29)28(18-10-17-27(6-2)7-3)22-11-9-12-25(20-22)30-4;/h9,11-16,20H,5-8,10,17-19,21H2,1-4H3;1H. The number of rotatable bonds is 15. The maximum atomic E-state index is 13.1. The molecule has 0 heterocycles. The lowest BCUT2D eigenvalue weighted by Gasteiger charge is -2.24. The van der Waals surface area contributed by atoms with Crippen molar-refractivity contribution in [2.45, 2.75) is 40.0 Å². The Hall–Kier alpha value is -2.44. The van der Waals surface area contributed by atoms with Gasteiger partial charge in [0.2, 0.25) is 0 Å². The Bertz CT molecular complexity index is 797. The van der Waals surface area contributed by atoms with Gasteiger partial charge in [0, 0.05) is 24.7 Å². The Labute approximate surface area is 205 Å². The third kappa shape index (κ3) is 9.93. The van der Waals surface area contributed by atoms with Crippen LogP contribution in [0, 0.1) is 0 Å². The molecule has 0 saturated heterocycles. The van der Waals surface area contributed by atoms with Crippen molar-refractivity contribution in [2.24, 2.45) is 0 Å². The second-order valence-electron chi connectivity index (χ2n) is 7.77. The van der Waals surface area contributed by atoms with Gasteiger partial charge in [0.05, 0.1) is 33.4 Å². The summed E-state index contributed by atoms with van der Waals surface area (Å²) < 4.78 is 16.8. The maximum Gasteiger partial charge on any atom is 0.264 e. The predicted octanol–water partition coefficient (Wildman–Crippen LogP) is 0.605. The number of hydrogen-bond acceptors (Lipinski definition) is 4. The second kappa shape index (κ2) is 16.2. The molecule has 0 aliphatic carbocycles. The van der Waals surface area contributed by atoms with Crippen molar-refractivity contribution in [3.8, 4) is 17.2 Å². The molecule has 0 radical (unpaired) electrons. The molecule has 0 aliphatic rings. The summed E-state index contributed by atoms with van der Waals surface area (Å²) in [6, 6.07) is 15.1. The van der Waals surface area contributed by atoms with E-state index in [9.17, 15) is 4.79 Å². The summed E-state index contributed by atoms with van der Waals surface area (Å²) in [6.45, 7) is 11.1. The third-order valence-electron chi connectivity index (χ3n) is 5.53. The average molecular weight is 479 g/mol. The molecule has 0 bridgehead atoms. The number of halogens is 1. The first kappa shape index (κ1) is 28.6. The molecule has 0 aliphatic heterocycles. The van der Waals surface area contributed by atoms with Gasteiger partial charge in [-0.1, -0.05) is 19.4 Å². The Kier molecular flexibility index (Phi) is 14.1. The molecule has 0 saturated carbocycles. The molecular formula is C26H39ClN2O4. The van der Waals surface area contributed by atoms with Gasteiger partial charge in [-0.15, -0.1) is 0 Å². The molecule has 0 atom stereocenters. The highest BCUT2D eigenvalue weighted by Crippen LogP contribution is 2.22. The molecule has 1 N–H and O–H groups in total. The monoisotopic (exact) mass is 478 g/mol. The summed E-state index contributed by atoms with van der Waals surface area (Å²) in [4.78, 5) is 16.4. The van der Waals surface area contributed by atoms with Crippen LogP contribution in [0.15, 0.2) is 48.5 Å². The zero-order valence-electron chi connectivity index (χ0n) is 20.4. The van der Waals surface area contributed by atoms with E-state index in [1.54, 1.807) is 12.0 Å². The second-order valence-corrected chi connectivity index (χ2v) is 7.77. The summed E-state index contributed by atoms with van der Waals surface area (Å²) in [5.41, 5.74) is 0.826. The fourth-order valence-corrected chi connectivity index (χ4v) is 3.46. The average Bonchev–Trinajstić information content (AvgIpc) is 2.83. The molecule has 0 fully saturated rings. The lowest BCUT2D eigenvalue weighted by Crippen LogP contribution is -3.11. The van der Waals surface area contributed by atoms with E-state index in [1.165, 1.54) is 4.90 Å². The number of hydrogen-bond donors (Lipinski definition) is 1. The Morgan fingerprint density at radius 1 is 0.909 bits per heavy atom. The number of carbonyl (C=O) groups excluding carboxylic acids is 1. The Morgan fingerprint density at radius 2 is 1.58 bits per heavy atom. The van der Waals surface area contributed by atoms with E-state index in [1.807, 2.05) is 48.5 Å². The minimum atomic E-state index is -0.0731. The summed E-state index contributed by atoms with van der Waals surface area (Å²) in [7, 11) is 1.63. The zero-order valence-corrected chi connectivity index (χ0v) is 21.2. The molecule has 1 amide bonds. The van der Waals surface area contributed by atoms with Gasteiger partial charge in [0.25, 0.3) is 5.91 Å². The molecule has 0 unspecified atom stereocenters. The van der Waals surface area contributed by atoms with Crippen LogP contribution in [0.25, 0.3) is 0 Å². The Morgan fingerprint density at radius 3 is 2.18 bits per heavy atom. The number of methoxy groups -OCH3 is 1. The molecule has 2 rings (SSSR count). The minimum Gasteiger partial charge on any atom is -1.00 e. The number of nitrogens with zero attached hydrogens (tertiary/aromatic N) is 1. The predicted molar refractivity (Wildman–Crippen MR) is 129 cm³/mol. The molecule has 6 nitrogen and oxygen atoms in total. The lowest BCUT2D eigenvalue weighted by molar-refractivity contribution is -0.896. The van der Waals surface area contributed by atoms with Crippen LogP contribution in [0.1, 0.15) is 40.0 Å². The van der Waals surface area contributed by atoms with Gasteiger partial charge in [-0.2, -0.15) is 0 Å². The maximum absolute atomic E-state index is 13.1. The molecule has 184 valence electrons. The minimum absolute atomic E-state index is 0. The summed E-state index contributed by atoms with van der Waals surface area (Å²) in [5.74, 6) is 2.12. The third-order valence-corrected chi connectivity index (χ3v) is 5.53. The largest absolute Gasteiger partial charge is 1.00 e. The van der Waals surface area contributed by atoms with E-state index in [-0.39, 0.29) is 24.9 Å². The first-order valence-electron chi connectivity index (χ1n) is 11.7. The van der Waals surface area contributed by atoms with Crippen LogP contribution in [0.4, 0.5) is 5.69 Å². The summed E-state index contributed by atoms with van der Waals surface area (Å²) in [6.07, 6.45) is 3.05. The van der Waals surface area contributed by atoms with Crippen LogP contribution in [0.5, 0.6) is 17.2 Å². The van der Waals surface area contributed by atoms with Gasteiger partial charge in [-0.3, -0.25) is 4.79 Å². The van der Waals surface area contributed by atoms with Crippen molar-refractivity contribution < 1.29 is 36.3 Å². The number of benzene rings is 2. The number of amides is 1. The van der Waals surface area contributed by atoms with Crippen molar-refractivity contribution in [2.75, 3.05) is 51.4 Å². The van der Waals surface area contributed by atoms with Crippen LogP contribution in [0.3, 0.4) is 0 Å². The summed E-state index contributed by atoms with van der Waals surface area (Å²) >= 11 is 0. The van der Waals surface area contributed by atoms with E-state index < -0.39 is 0 Å². The van der Waals surface area contributed by atoms with E-state index >= 15 is 0 Å². The first-order chi connectivity index (χ1) is 15.6. The van der Waals surface area contributed by atoms with E-state index in [2.05, 4.69) is 20.8 Å². The van der Waals surface area contributed by atoms with Gasteiger partial charge in [-0.25, -0.2) is 0 Å². The van der Waals surface area contributed by atoms with Crippen molar-refractivity contribution in [3.05, 3.63) is 48.5 Å². The number of ether oxygens (including phenoxy) is 3. The van der Waals surface area contributed by atoms with Crippen LogP contribution in [0.2, 0.25) is 0 Å². The van der Waals surface area contributed by atoms with Crippen molar-refractivity contribution in [3.63, 3.8) is 0 Å². The number of carbonyl (C=O) groups is 1. The number of unbranched alkanes of at least 4 members (excludes halogenated alkanes) is 1. The van der Waals surface area contributed by atoms with Gasteiger partial charge in [0.15, 0.2) is 6.61 Å².